The number of nitrogens with zero attached hydrogens (tertiary/aromatic N) is 1. The van der Waals surface area contributed by atoms with Crippen molar-refractivity contribution in [2.45, 2.75) is 13.8 Å². The van der Waals surface area contributed by atoms with Gasteiger partial charge >= 0.3 is 0 Å². The van der Waals surface area contributed by atoms with Gasteiger partial charge in [0.1, 0.15) is 17.2 Å². The summed E-state index contributed by atoms with van der Waals surface area (Å²) in [7, 11) is 0. The van der Waals surface area contributed by atoms with Crippen molar-refractivity contribution in [3.63, 3.8) is 0 Å². The summed E-state index contributed by atoms with van der Waals surface area (Å²) in [5.41, 5.74) is 4.38. The number of pyridine rings is 1. The lowest BCUT2D eigenvalue weighted by atomic mass is 9.96. The highest BCUT2D eigenvalue weighted by Gasteiger charge is 2.16. The molecule has 0 radical (unpaired) electrons. The lowest BCUT2D eigenvalue weighted by molar-refractivity contribution is -0.111. The molecule has 0 bridgehead atoms. The van der Waals surface area contributed by atoms with Crippen molar-refractivity contribution in [2.24, 2.45) is 0 Å². The van der Waals surface area contributed by atoms with E-state index in [0.29, 0.717) is 23.2 Å². The van der Waals surface area contributed by atoms with Gasteiger partial charge in [0.2, 0.25) is 5.91 Å². The summed E-state index contributed by atoms with van der Waals surface area (Å²) in [4.78, 5) is 16.8. The normalized spacial score (nSPS) is 11.7. The Bertz CT molecular complexity index is 1560. The number of allylic oxidation sites excluding steroid dienone is 1. The molecule has 6 heteroatoms. The van der Waals surface area contributed by atoms with Crippen LogP contribution in [0.2, 0.25) is 5.02 Å². The average molecular weight is 483 g/mol. The second-order valence-electron chi connectivity index (χ2n) is 8.13. The number of ether oxygens (including phenoxy) is 1. The number of carbonyl (C=O) groups excluding carboxylic acids is 1. The van der Waals surface area contributed by atoms with Gasteiger partial charge in [-0.1, -0.05) is 54.1 Å². The lowest BCUT2D eigenvalue weighted by Crippen LogP contribution is -2.10. The van der Waals surface area contributed by atoms with E-state index in [0.717, 1.165) is 44.0 Å². The summed E-state index contributed by atoms with van der Waals surface area (Å²) in [6.07, 6.45) is 4.81. The molecule has 5 nitrogen and oxygen atoms in total. The van der Waals surface area contributed by atoms with Crippen molar-refractivity contribution in [3.8, 4) is 16.9 Å². The third kappa shape index (κ3) is 4.63. The van der Waals surface area contributed by atoms with Crippen LogP contribution in [0.15, 0.2) is 89.7 Å². The minimum atomic E-state index is -0.290. The van der Waals surface area contributed by atoms with Gasteiger partial charge in [-0.3, -0.25) is 4.79 Å². The molecule has 0 aliphatic carbocycles. The Kier molecular flexibility index (Phi) is 6.25. The van der Waals surface area contributed by atoms with Crippen LogP contribution in [0.25, 0.3) is 38.4 Å². The molecular weight excluding hydrogens is 460 g/mol. The first-order valence-corrected chi connectivity index (χ1v) is 11.7. The smallest absolute Gasteiger partial charge is 0.249 e. The number of hydrogen-bond donors (Lipinski definition) is 1. The molecule has 5 rings (SSSR count). The van der Waals surface area contributed by atoms with Gasteiger partial charge in [0, 0.05) is 34.9 Å². The molecule has 0 aliphatic rings. The first kappa shape index (κ1) is 22.7. The number of furan rings is 1. The van der Waals surface area contributed by atoms with Crippen LogP contribution >= 0.6 is 11.6 Å². The van der Waals surface area contributed by atoms with E-state index in [2.05, 4.69) is 34.6 Å². The molecule has 174 valence electrons. The highest BCUT2D eigenvalue weighted by Crippen LogP contribution is 2.39. The van der Waals surface area contributed by atoms with Crippen LogP contribution in [-0.2, 0) is 4.79 Å². The van der Waals surface area contributed by atoms with Gasteiger partial charge in [-0.25, -0.2) is 4.98 Å². The molecule has 0 spiro atoms. The third-order valence-electron chi connectivity index (χ3n) is 5.81. The standard InChI is InChI=1S/C29H23ClN2O3/c1-3-34-26-15-27-24(25(17-35-27)22-10-6-8-19-7-4-5-9-21(19)22)14-23(26)18(2)13-29(33)32-28-12-11-20(30)16-31-28/h4-17H,3H2,1-2H3,(H,31,32,33)/b18-13+. The van der Waals surface area contributed by atoms with Crippen molar-refractivity contribution in [1.82, 2.24) is 4.98 Å². The van der Waals surface area contributed by atoms with Gasteiger partial charge in [-0.2, -0.15) is 0 Å². The fourth-order valence-electron chi connectivity index (χ4n) is 4.19. The topological polar surface area (TPSA) is 64.4 Å². The highest BCUT2D eigenvalue weighted by molar-refractivity contribution is 6.30. The second kappa shape index (κ2) is 9.65. The quantitative estimate of drug-likeness (QED) is 0.251. The SMILES string of the molecule is CCOc1cc2occ(-c3cccc4ccccc34)c2cc1/C(C)=C/C(=O)Nc1ccc(Cl)cn1. The van der Waals surface area contributed by atoms with E-state index >= 15 is 0 Å². The molecule has 0 unspecified atom stereocenters. The number of benzene rings is 3. The van der Waals surface area contributed by atoms with Crippen LogP contribution in [0.4, 0.5) is 5.82 Å². The van der Waals surface area contributed by atoms with E-state index in [4.69, 9.17) is 20.8 Å². The molecule has 0 fully saturated rings. The first-order chi connectivity index (χ1) is 17.0. The van der Waals surface area contributed by atoms with Crippen LogP contribution < -0.4 is 10.1 Å². The second-order valence-corrected chi connectivity index (χ2v) is 8.57. The Morgan fingerprint density at radius 3 is 2.69 bits per heavy atom. The van der Waals surface area contributed by atoms with Crippen LogP contribution in [0.1, 0.15) is 19.4 Å². The lowest BCUT2D eigenvalue weighted by Gasteiger charge is -2.12. The van der Waals surface area contributed by atoms with Gasteiger partial charge in [-0.15, -0.1) is 0 Å². The largest absolute Gasteiger partial charge is 0.493 e. The van der Waals surface area contributed by atoms with E-state index < -0.39 is 0 Å². The minimum Gasteiger partial charge on any atom is -0.493 e. The summed E-state index contributed by atoms with van der Waals surface area (Å²) in [6.45, 7) is 4.30. The zero-order chi connectivity index (χ0) is 24.4. The maximum atomic E-state index is 12.7. The zero-order valence-electron chi connectivity index (χ0n) is 19.3. The highest BCUT2D eigenvalue weighted by atomic mass is 35.5. The molecular formula is C29H23ClN2O3. The zero-order valence-corrected chi connectivity index (χ0v) is 20.1. The Hall–Kier alpha value is -4.09. The fraction of sp³-hybridized carbons (Fsp3) is 0.103. The number of halogens is 1. The number of nitrogens with one attached hydrogen (secondary N) is 1. The number of fused-ring (bicyclic) bond motifs is 2. The van der Waals surface area contributed by atoms with E-state index in [1.54, 1.807) is 18.4 Å². The number of aromatic nitrogens is 1. The number of carbonyl (C=O) groups is 1. The van der Waals surface area contributed by atoms with Crippen molar-refractivity contribution in [1.29, 1.82) is 0 Å². The number of rotatable bonds is 6. The summed E-state index contributed by atoms with van der Waals surface area (Å²) in [6, 6.07) is 21.8. The van der Waals surface area contributed by atoms with Crippen molar-refractivity contribution in [2.75, 3.05) is 11.9 Å². The van der Waals surface area contributed by atoms with Crippen molar-refractivity contribution < 1.29 is 13.9 Å². The molecule has 0 atom stereocenters. The molecule has 5 aromatic rings. The number of amides is 1. The van der Waals surface area contributed by atoms with Gasteiger partial charge in [-0.05, 0) is 54.0 Å². The average Bonchev–Trinajstić information content (AvgIpc) is 3.27. The Labute approximate surface area is 208 Å². The van der Waals surface area contributed by atoms with Crippen LogP contribution in [0.5, 0.6) is 5.75 Å². The summed E-state index contributed by atoms with van der Waals surface area (Å²) < 4.78 is 11.9. The Balaban J connectivity index is 1.57. The van der Waals surface area contributed by atoms with Gasteiger partial charge in [0.25, 0.3) is 0 Å². The molecule has 0 saturated carbocycles. The van der Waals surface area contributed by atoms with Crippen LogP contribution in [-0.4, -0.2) is 17.5 Å². The van der Waals surface area contributed by atoms with Crippen LogP contribution in [0, 0.1) is 0 Å². The number of anilines is 1. The molecule has 0 aliphatic heterocycles. The van der Waals surface area contributed by atoms with Gasteiger partial charge < -0.3 is 14.5 Å². The van der Waals surface area contributed by atoms with Gasteiger partial charge in [0.05, 0.1) is 17.9 Å². The summed E-state index contributed by atoms with van der Waals surface area (Å²) >= 11 is 5.88. The fourth-order valence-corrected chi connectivity index (χ4v) is 4.31. The number of hydrogen-bond acceptors (Lipinski definition) is 4. The summed E-state index contributed by atoms with van der Waals surface area (Å²) in [5, 5.41) is 6.53. The maximum Gasteiger partial charge on any atom is 0.249 e. The van der Waals surface area contributed by atoms with E-state index in [-0.39, 0.29) is 5.91 Å². The minimum absolute atomic E-state index is 0.290. The maximum absolute atomic E-state index is 12.7. The Morgan fingerprint density at radius 2 is 1.89 bits per heavy atom. The third-order valence-corrected chi connectivity index (χ3v) is 6.03. The summed E-state index contributed by atoms with van der Waals surface area (Å²) in [5.74, 6) is 0.795. The molecule has 2 aromatic heterocycles. The molecule has 3 aromatic carbocycles. The molecule has 0 saturated heterocycles. The molecule has 35 heavy (non-hydrogen) atoms. The molecule has 1 N–H and O–H groups in total. The molecule has 1 amide bonds. The molecule has 2 heterocycles. The predicted molar refractivity (Wildman–Crippen MR) is 142 cm³/mol. The van der Waals surface area contributed by atoms with E-state index in [1.165, 1.54) is 12.3 Å². The monoisotopic (exact) mass is 482 g/mol. The van der Waals surface area contributed by atoms with E-state index in [9.17, 15) is 4.79 Å². The van der Waals surface area contributed by atoms with Crippen molar-refractivity contribution in [3.05, 3.63) is 95.9 Å². The van der Waals surface area contributed by atoms with Crippen LogP contribution in [0.3, 0.4) is 0 Å². The van der Waals surface area contributed by atoms with Gasteiger partial charge in [0.15, 0.2) is 0 Å². The first-order valence-electron chi connectivity index (χ1n) is 11.3. The van der Waals surface area contributed by atoms with Crippen molar-refractivity contribution >= 4 is 50.6 Å². The predicted octanol–water partition coefficient (Wildman–Crippen LogP) is 7.74. The van der Waals surface area contributed by atoms with E-state index in [1.807, 2.05) is 44.2 Å². The Morgan fingerprint density at radius 1 is 1.06 bits per heavy atom.